The van der Waals surface area contributed by atoms with E-state index in [0.717, 1.165) is 12.3 Å². The number of aliphatic hydroxyl groups is 1. The maximum atomic E-state index is 12.9. The molecule has 2 aromatic heterocycles. The summed E-state index contributed by atoms with van der Waals surface area (Å²) in [7, 11) is 1.66. The minimum atomic E-state index is -0.545. The lowest BCUT2D eigenvalue weighted by Gasteiger charge is -2.08. The Morgan fingerprint density at radius 1 is 1.53 bits per heavy atom. The molecular formula is C10H9FN2O2. The largest absolute Gasteiger partial charge is 0.390 e. The lowest BCUT2D eigenvalue weighted by atomic mass is 10.2. The maximum Gasteiger partial charge on any atom is 0.191 e. The molecule has 2 heterocycles. The van der Waals surface area contributed by atoms with E-state index in [9.17, 15) is 9.18 Å². The molecule has 0 bridgehead atoms. The molecule has 2 aromatic rings. The molecule has 0 spiro atoms. The van der Waals surface area contributed by atoms with Gasteiger partial charge in [0.2, 0.25) is 0 Å². The van der Waals surface area contributed by atoms with E-state index in [1.54, 1.807) is 11.6 Å². The second-order valence-electron chi connectivity index (χ2n) is 3.24. The van der Waals surface area contributed by atoms with Gasteiger partial charge in [0.05, 0.1) is 18.2 Å². The van der Waals surface area contributed by atoms with Gasteiger partial charge in [-0.2, -0.15) is 0 Å². The second kappa shape index (κ2) is 3.43. The maximum absolute atomic E-state index is 12.9. The first-order valence-corrected chi connectivity index (χ1v) is 4.38. The van der Waals surface area contributed by atoms with E-state index in [2.05, 4.69) is 4.98 Å². The zero-order chi connectivity index (χ0) is 11.0. The number of nitrogens with zero attached hydrogens (tertiary/aromatic N) is 2. The van der Waals surface area contributed by atoms with Gasteiger partial charge in [0.1, 0.15) is 11.5 Å². The van der Waals surface area contributed by atoms with Crippen molar-refractivity contribution < 1.29 is 9.50 Å². The van der Waals surface area contributed by atoms with Crippen LogP contribution in [0.3, 0.4) is 0 Å². The van der Waals surface area contributed by atoms with Gasteiger partial charge in [-0.05, 0) is 6.07 Å². The fourth-order valence-corrected chi connectivity index (χ4v) is 1.49. The third-order valence-electron chi connectivity index (χ3n) is 2.31. The smallest absolute Gasteiger partial charge is 0.191 e. The van der Waals surface area contributed by atoms with Crippen LogP contribution in [0.2, 0.25) is 0 Å². The van der Waals surface area contributed by atoms with E-state index >= 15 is 0 Å². The van der Waals surface area contributed by atoms with Crippen LogP contribution in [0, 0.1) is 5.82 Å². The summed E-state index contributed by atoms with van der Waals surface area (Å²) in [5.74, 6) is -0.545. The summed E-state index contributed by atoms with van der Waals surface area (Å²) in [6, 6.07) is 2.43. The number of rotatable bonds is 1. The highest BCUT2D eigenvalue weighted by molar-refractivity contribution is 5.75. The fraction of sp³-hybridized carbons (Fsp3) is 0.200. The molecule has 2 rings (SSSR count). The van der Waals surface area contributed by atoms with E-state index < -0.39 is 5.82 Å². The highest BCUT2D eigenvalue weighted by atomic mass is 19.1. The Kier molecular flexibility index (Phi) is 2.24. The Morgan fingerprint density at radius 3 is 2.93 bits per heavy atom. The molecule has 0 unspecified atom stereocenters. The number of fused-ring (bicyclic) bond motifs is 1. The van der Waals surface area contributed by atoms with E-state index in [4.69, 9.17) is 5.11 Å². The zero-order valence-corrected chi connectivity index (χ0v) is 8.07. The van der Waals surface area contributed by atoms with Crippen LogP contribution in [0.1, 0.15) is 5.69 Å². The first-order chi connectivity index (χ1) is 7.13. The molecule has 0 atom stereocenters. The third kappa shape index (κ3) is 1.50. The van der Waals surface area contributed by atoms with Crippen molar-refractivity contribution in [3.05, 3.63) is 40.1 Å². The minimum Gasteiger partial charge on any atom is -0.390 e. The normalized spacial score (nSPS) is 10.9. The third-order valence-corrected chi connectivity index (χ3v) is 2.31. The number of aliphatic hydroxyl groups excluding tert-OH is 1. The molecule has 4 nitrogen and oxygen atoms in total. The summed E-state index contributed by atoms with van der Waals surface area (Å²) in [6.45, 7) is -0.249. The molecule has 0 saturated carbocycles. The summed E-state index contributed by atoms with van der Waals surface area (Å²) >= 11 is 0. The zero-order valence-electron chi connectivity index (χ0n) is 8.07. The van der Waals surface area contributed by atoms with Gasteiger partial charge in [-0.15, -0.1) is 0 Å². The predicted molar refractivity (Wildman–Crippen MR) is 52.9 cm³/mol. The van der Waals surface area contributed by atoms with E-state index in [1.165, 1.54) is 6.07 Å². The van der Waals surface area contributed by atoms with Crippen LogP contribution in [0.25, 0.3) is 11.0 Å². The summed E-state index contributed by atoms with van der Waals surface area (Å²) in [5, 5.41) is 9.21. The lowest BCUT2D eigenvalue weighted by Crippen LogP contribution is -2.13. The number of hydrogen-bond acceptors (Lipinski definition) is 3. The Bertz CT molecular complexity index is 577. The molecular weight excluding hydrogens is 199 g/mol. The molecule has 0 aliphatic carbocycles. The average Bonchev–Trinajstić information content (AvgIpc) is 2.23. The molecule has 0 radical (unpaired) electrons. The van der Waals surface area contributed by atoms with Crippen LogP contribution in [0.15, 0.2) is 23.1 Å². The quantitative estimate of drug-likeness (QED) is 0.745. The first-order valence-electron chi connectivity index (χ1n) is 4.38. The van der Waals surface area contributed by atoms with E-state index in [-0.39, 0.29) is 17.4 Å². The van der Waals surface area contributed by atoms with Crippen LogP contribution in [0.4, 0.5) is 4.39 Å². The molecule has 0 amide bonds. The van der Waals surface area contributed by atoms with Gasteiger partial charge in [0.25, 0.3) is 0 Å². The van der Waals surface area contributed by atoms with E-state index in [0.29, 0.717) is 11.3 Å². The standard InChI is InChI=1S/C10H9FN2O2/c1-13-7(5-14)3-9(15)8-2-6(11)4-12-10(8)13/h2-4,14H,5H2,1H3. The molecule has 0 fully saturated rings. The molecule has 0 aliphatic heterocycles. The van der Waals surface area contributed by atoms with Gasteiger partial charge >= 0.3 is 0 Å². The van der Waals surface area contributed by atoms with Crippen LogP contribution < -0.4 is 5.43 Å². The van der Waals surface area contributed by atoms with Gasteiger partial charge in [0, 0.05) is 18.8 Å². The van der Waals surface area contributed by atoms with Crippen LogP contribution >= 0.6 is 0 Å². The summed E-state index contributed by atoms with van der Waals surface area (Å²) in [6.07, 6.45) is 1.04. The molecule has 78 valence electrons. The summed E-state index contributed by atoms with van der Waals surface area (Å²) in [5.41, 5.74) is 0.485. The second-order valence-corrected chi connectivity index (χ2v) is 3.24. The molecule has 0 aromatic carbocycles. The van der Waals surface area contributed by atoms with Crippen LogP contribution in [-0.2, 0) is 13.7 Å². The Balaban J connectivity index is 2.93. The van der Waals surface area contributed by atoms with Crippen LogP contribution in [-0.4, -0.2) is 14.7 Å². The minimum absolute atomic E-state index is 0.217. The van der Waals surface area contributed by atoms with Gasteiger partial charge < -0.3 is 9.67 Å². The Morgan fingerprint density at radius 2 is 2.27 bits per heavy atom. The number of pyridine rings is 2. The number of hydrogen-bond donors (Lipinski definition) is 1. The van der Waals surface area contributed by atoms with Crippen LogP contribution in [0.5, 0.6) is 0 Å². The SMILES string of the molecule is Cn1c(CO)cc(=O)c2cc(F)cnc21. The monoisotopic (exact) mass is 208 g/mol. The number of aryl methyl sites for hydroxylation is 1. The molecule has 0 aliphatic rings. The molecule has 1 N–H and O–H groups in total. The average molecular weight is 208 g/mol. The Hall–Kier alpha value is -1.75. The highest BCUT2D eigenvalue weighted by Crippen LogP contribution is 2.10. The van der Waals surface area contributed by atoms with Crippen molar-refractivity contribution in [2.45, 2.75) is 6.61 Å². The molecule has 0 saturated heterocycles. The van der Waals surface area contributed by atoms with Gasteiger partial charge in [0.15, 0.2) is 5.43 Å². The van der Waals surface area contributed by atoms with E-state index in [1.807, 2.05) is 0 Å². The molecule has 5 heteroatoms. The Labute approximate surface area is 84.6 Å². The van der Waals surface area contributed by atoms with Gasteiger partial charge in [-0.25, -0.2) is 9.37 Å². The highest BCUT2D eigenvalue weighted by Gasteiger charge is 2.07. The van der Waals surface area contributed by atoms with Crippen molar-refractivity contribution in [2.24, 2.45) is 7.05 Å². The first kappa shape index (κ1) is 9.79. The predicted octanol–water partition coefficient (Wildman–Crippen LogP) is 0.565. The van der Waals surface area contributed by atoms with Crippen molar-refractivity contribution in [3.8, 4) is 0 Å². The number of halogens is 1. The van der Waals surface area contributed by atoms with Crippen molar-refractivity contribution in [3.63, 3.8) is 0 Å². The van der Waals surface area contributed by atoms with Crippen molar-refractivity contribution >= 4 is 11.0 Å². The lowest BCUT2D eigenvalue weighted by molar-refractivity contribution is 0.272. The van der Waals surface area contributed by atoms with Crippen molar-refractivity contribution in [1.82, 2.24) is 9.55 Å². The fourth-order valence-electron chi connectivity index (χ4n) is 1.49. The summed E-state index contributed by atoms with van der Waals surface area (Å²) in [4.78, 5) is 15.4. The van der Waals surface area contributed by atoms with Crippen molar-refractivity contribution in [1.29, 1.82) is 0 Å². The van der Waals surface area contributed by atoms with Crippen molar-refractivity contribution in [2.75, 3.05) is 0 Å². The summed E-state index contributed by atoms with van der Waals surface area (Å²) < 4.78 is 14.4. The molecule has 15 heavy (non-hydrogen) atoms. The topological polar surface area (TPSA) is 55.1 Å². The number of aromatic nitrogens is 2. The van der Waals surface area contributed by atoms with Gasteiger partial charge in [-0.1, -0.05) is 0 Å². The van der Waals surface area contributed by atoms with Gasteiger partial charge in [-0.3, -0.25) is 4.79 Å².